The van der Waals surface area contributed by atoms with E-state index in [9.17, 15) is 13.2 Å². The summed E-state index contributed by atoms with van der Waals surface area (Å²) < 4.78 is 33.2. The molecule has 10 heteroatoms. The van der Waals surface area contributed by atoms with Gasteiger partial charge in [0.05, 0.1) is 12.5 Å². The van der Waals surface area contributed by atoms with E-state index in [1.165, 1.54) is 4.31 Å². The van der Waals surface area contributed by atoms with Crippen LogP contribution < -0.4 is 5.32 Å². The number of nitrogens with zero attached hydrogens (tertiary/aromatic N) is 3. The molecule has 1 N–H and O–H groups in total. The van der Waals surface area contributed by atoms with Gasteiger partial charge >= 0.3 is 0 Å². The molecule has 158 valence electrons. The average molecular weight is 439 g/mol. The van der Waals surface area contributed by atoms with Crippen molar-refractivity contribution in [3.05, 3.63) is 40.0 Å². The number of amides is 1. The third-order valence-electron chi connectivity index (χ3n) is 4.73. The first-order chi connectivity index (χ1) is 13.8. The van der Waals surface area contributed by atoms with Crippen LogP contribution in [0.4, 0.5) is 0 Å². The molecule has 3 rings (SSSR count). The van der Waals surface area contributed by atoms with Gasteiger partial charge in [0.2, 0.25) is 15.9 Å². The lowest BCUT2D eigenvalue weighted by atomic mass is 9.99. The molecular weight excluding hydrogens is 412 g/mol. The van der Waals surface area contributed by atoms with Gasteiger partial charge in [-0.1, -0.05) is 11.2 Å². The molecule has 0 spiro atoms. The maximum absolute atomic E-state index is 13.3. The zero-order valence-corrected chi connectivity index (χ0v) is 18.4. The van der Waals surface area contributed by atoms with Crippen LogP contribution in [0.15, 0.2) is 33.1 Å². The van der Waals surface area contributed by atoms with E-state index in [0.717, 1.165) is 4.88 Å². The fourth-order valence-corrected chi connectivity index (χ4v) is 5.67. The molecule has 1 fully saturated rings. The standard InChI is InChI=1S/C19H26N4O4S2/c1-14-18(17(27-21-14)8-10-22(2)3)29(25,26)23-9-4-6-15(13-23)19(24)20-12-16-7-5-11-28-16/h5,7-8,10-11,15H,4,6,9,12-13H2,1-3H3,(H,20,24)/b10-8+. The van der Waals surface area contributed by atoms with Gasteiger partial charge in [-0.2, -0.15) is 4.31 Å². The number of hydrogen-bond acceptors (Lipinski definition) is 7. The van der Waals surface area contributed by atoms with Crippen LogP contribution in [0.5, 0.6) is 0 Å². The van der Waals surface area contributed by atoms with Gasteiger partial charge < -0.3 is 14.7 Å². The molecule has 0 saturated carbocycles. The predicted octanol–water partition coefficient (Wildman–Crippen LogP) is 2.29. The fraction of sp³-hybridized carbons (Fsp3) is 0.474. The highest BCUT2D eigenvalue weighted by atomic mass is 32.2. The minimum absolute atomic E-state index is 0.0650. The number of carbonyl (C=O) groups excluding carboxylic acids is 1. The molecule has 0 radical (unpaired) electrons. The summed E-state index contributed by atoms with van der Waals surface area (Å²) in [7, 11) is -0.161. The first-order valence-corrected chi connectivity index (χ1v) is 11.7. The number of thiophene rings is 1. The summed E-state index contributed by atoms with van der Waals surface area (Å²) in [6, 6.07) is 3.89. The quantitative estimate of drug-likeness (QED) is 0.713. The second-order valence-electron chi connectivity index (χ2n) is 7.24. The highest BCUT2D eigenvalue weighted by Crippen LogP contribution is 2.29. The Balaban J connectivity index is 1.74. The van der Waals surface area contributed by atoms with Gasteiger partial charge in [-0.05, 0) is 31.2 Å². The van der Waals surface area contributed by atoms with Crippen molar-refractivity contribution in [2.75, 3.05) is 27.2 Å². The van der Waals surface area contributed by atoms with Crippen LogP contribution in [-0.2, 0) is 21.4 Å². The van der Waals surface area contributed by atoms with Gasteiger partial charge in [0.1, 0.15) is 5.69 Å². The van der Waals surface area contributed by atoms with Gasteiger partial charge in [-0.25, -0.2) is 8.42 Å². The van der Waals surface area contributed by atoms with Crippen LogP contribution in [0, 0.1) is 12.8 Å². The first kappa shape index (κ1) is 21.5. The largest absolute Gasteiger partial charge is 0.383 e. The summed E-state index contributed by atoms with van der Waals surface area (Å²) in [4.78, 5) is 15.5. The van der Waals surface area contributed by atoms with Crippen LogP contribution in [-0.4, -0.2) is 55.9 Å². The summed E-state index contributed by atoms with van der Waals surface area (Å²) in [5.41, 5.74) is 0.313. The molecule has 2 aromatic heterocycles. The third-order valence-corrected chi connectivity index (χ3v) is 7.63. The summed E-state index contributed by atoms with van der Waals surface area (Å²) in [6.45, 7) is 2.60. The van der Waals surface area contributed by atoms with E-state index in [1.54, 1.807) is 35.4 Å². The monoisotopic (exact) mass is 438 g/mol. The number of aromatic nitrogens is 1. The Bertz CT molecular complexity index is 965. The highest BCUT2D eigenvalue weighted by molar-refractivity contribution is 7.89. The lowest BCUT2D eigenvalue weighted by Gasteiger charge is -2.31. The second kappa shape index (κ2) is 9.10. The molecule has 3 heterocycles. The van der Waals surface area contributed by atoms with Crippen molar-refractivity contribution in [3.8, 4) is 0 Å². The van der Waals surface area contributed by atoms with E-state index >= 15 is 0 Å². The van der Waals surface area contributed by atoms with Crippen LogP contribution in [0.1, 0.15) is 29.2 Å². The molecule has 1 unspecified atom stereocenters. The van der Waals surface area contributed by atoms with Crippen LogP contribution >= 0.6 is 11.3 Å². The van der Waals surface area contributed by atoms with Gasteiger partial charge in [0.25, 0.3) is 0 Å². The van der Waals surface area contributed by atoms with Crippen molar-refractivity contribution in [3.63, 3.8) is 0 Å². The maximum Gasteiger partial charge on any atom is 0.248 e. The smallest absolute Gasteiger partial charge is 0.248 e. The SMILES string of the molecule is Cc1noc(/C=C/N(C)C)c1S(=O)(=O)N1CCCC(C(=O)NCc2cccs2)C1. The van der Waals surface area contributed by atoms with Crippen molar-refractivity contribution < 1.29 is 17.7 Å². The Morgan fingerprint density at radius 1 is 1.48 bits per heavy atom. The number of carbonyl (C=O) groups is 1. The Kier molecular flexibility index (Phi) is 6.76. The van der Waals surface area contributed by atoms with E-state index in [1.807, 2.05) is 31.6 Å². The zero-order valence-electron chi connectivity index (χ0n) is 16.8. The van der Waals surface area contributed by atoms with E-state index in [-0.39, 0.29) is 29.0 Å². The fourth-order valence-electron chi connectivity index (χ4n) is 3.25. The topological polar surface area (TPSA) is 95.8 Å². The van der Waals surface area contributed by atoms with Crippen LogP contribution in [0.2, 0.25) is 0 Å². The molecule has 1 amide bonds. The number of nitrogens with one attached hydrogen (secondary N) is 1. The first-order valence-electron chi connectivity index (χ1n) is 9.40. The lowest BCUT2D eigenvalue weighted by Crippen LogP contribution is -2.45. The van der Waals surface area contributed by atoms with Crippen LogP contribution in [0.25, 0.3) is 6.08 Å². The molecule has 1 atom stereocenters. The molecule has 0 bridgehead atoms. The molecule has 8 nitrogen and oxygen atoms in total. The van der Waals surface area contributed by atoms with Crippen molar-refractivity contribution >= 4 is 33.3 Å². The summed E-state index contributed by atoms with van der Waals surface area (Å²) in [5.74, 6) is -0.298. The van der Waals surface area contributed by atoms with Gasteiger partial charge in [0.15, 0.2) is 10.7 Å². The molecule has 1 aliphatic rings. The molecule has 29 heavy (non-hydrogen) atoms. The van der Waals surface area contributed by atoms with Crippen molar-refractivity contribution in [1.29, 1.82) is 0 Å². The number of piperidine rings is 1. The van der Waals surface area contributed by atoms with Crippen molar-refractivity contribution in [2.24, 2.45) is 5.92 Å². The lowest BCUT2D eigenvalue weighted by molar-refractivity contribution is -0.126. The third kappa shape index (κ3) is 5.06. The minimum atomic E-state index is -3.82. The van der Waals surface area contributed by atoms with Gasteiger partial charge in [0, 0.05) is 44.3 Å². The molecule has 2 aromatic rings. The number of sulfonamides is 1. The summed E-state index contributed by atoms with van der Waals surface area (Å²) >= 11 is 1.58. The predicted molar refractivity (Wildman–Crippen MR) is 112 cm³/mol. The van der Waals surface area contributed by atoms with E-state index in [4.69, 9.17) is 4.52 Å². The van der Waals surface area contributed by atoms with E-state index in [0.29, 0.717) is 31.6 Å². The molecule has 1 aliphatic heterocycles. The normalized spacial score (nSPS) is 18.2. The number of hydrogen-bond donors (Lipinski definition) is 1. The minimum Gasteiger partial charge on any atom is -0.383 e. The van der Waals surface area contributed by atoms with Crippen molar-refractivity contribution in [1.82, 2.24) is 19.7 Å². The molecule has 1 saturated heterocycles. The number of aryl methyl sites for hydroxylation is 1. The second-order valence-corrected chi connectivity index (χ2v) is 10.1. The maximum atomic E-state index is 13.3. The summed E-state index contributed by atoms with van der Waals surface area (Å²) in [6.07, 6.45) is 4.58. The highest BCUT2D eigenvalue weighted by Gasteiger charge is 2.36. The van der Waals surface area contributed by atoms with Crippen LogP contribution in [0.3, 0.4) is 0 Å². The Morgan fingerprint density at radius 3 is 2.97 bits per heavy atom. The van der Waals surface area contributed by atoms with Crippen molar-refractivity contribution in [2.45, 2.75) is 31.2 Å². The summed E-state index contributed by atoms with van der Waals surface area (Å²) in [5, 5.41) is 8.72. The molecule has 0 aliphatic carbocycles. The molecular formula is C19H26N4O4S2. The Hall–Kier alpha value is -2.17. The molecule has 0 aromatic carbocycles. The zero-order chi connectivity index (χ0) is 21.0. The van der Waals surface area contributed by atoms with E-state index in [2.05, 4.69) is 10.5 Å². The van der Waals surface area contributed by atoms with Gasteiger partial charge in [-0.15, -0.1) is 11.3 Å². The number of rotatable bonds is 7. The van der Waals surface area contributed by atoms with E-state index < -0.39 is 10.0 Å². The Labute approximate surface area is 175 Å². The average Bonchev–Trinajstić information content (AvgIpc) is 3.34. The van der Waals surface area contributed by atoms with Gasteiger partial charge in [-0.3, -0.25) is 4.79 Å². The Morgan fingerprint density at radius 2 is 2.28 bits per heavy atom.